The van der Waals surface area contributed by atoms with E-state index in [4.69, 9.17) is 9.47 Å². The van der Waals surface area contributed by atoms with Gasteiger partial charge in [-0.1, -0.05) is 60.7 Å². The van der Waals surface area contributed by atoms with Gasteiger partial charge in [0.05, 0.1) is 11.1 Å². The molecule has 0 unspecified atom stereocenters. The Bertz CT molecular complexity index is 1160. The smallest absolute Gasteiger partial charge is 0.344 e. The second-order valence-electron chi connectivity index (χ2n) is 7.02. The van der Waals surface area contributed by atoms with Crippen molar-refractivity contribution in [2.45, 2.75) is 13.8 Å². The number of benzene rings is 4. The lowest BCUT2D eigenvalue weighted by Crippen LogP contribution is -2.13. The third-order valence-electron chi connectivity index (χ3n) is 4.96. The number of hydrogen-bond acceptors (Lipinski definition) is 4. The summed E-state index contributed by atoms with van der Waals surface area (Å²) in [7, 11) is 0. The number of fused-ring (bicyclic) bond motifs is 1. The maximum absolute atomic E-state index is 12.9. The van der Waals surface area contributed by atoms with Gasteiger partial charge < -0.3 is 9.47 Å². The molecule has 4 rings (SSSR count). The van der Waals surface area contributed by atoms with E-state index in [0.717, 1.165) is 11.1 Å². The molecule has 0 atom stereocenters. The van der Waals surface area contributed by atoms with Gasteiger partial charge in [-0.05, 0) is 60.0 Å². The Balaban J connectivity index is 1.70. The van der Waals surface area contributed by atoms with Crippen LogP contribution in [0.5, 0.6) is 11.5 Å². The number of hydrogen-bond donors (Lipinski definition) is 0. The fraction of sp³-hybridized carbons (Fsp3) is 0.0769. The van der Waals surface area contributed by atoms with Crippen LogP contribution in [-0.2, 0) is 0 Å². The quantitative estimate of drug-likeness (QED) is 0.319. The van der Waals surface area contributed by atoms with Gasteiger partial charge in [-0.2, -0.15) is 0 Å². The van der Waals surface area contributed by atoms with E-state index >= 15 is 0 Å². The minimum Gasteiger partial charge on any atom is -0.423 e. The predicted octanol–water partition coefficient (Wildman–Crippen LogP) is 5.90. The van der Waals surface area contributed by atoms with E-state index in [1.165, 1.54) is 0 Å². The normalized spacial score (nSPS) is 10.6. The van der Waals surface area contributed by atoms with Crippen LogP contribution in [0.1, 0.15) is 31.8 Å². The first kappa shape index (κ1) is 19.4. The minimum absolute atomic E-state index is 0.390. The molecule has 0 amide bonds. The molecule has 30 heavy (non-hydrogen) atoms. The molecule has 148 valence electrons. The summed E-state index contributed by atoms with van der Waals surface area (Å²) in [6, 6.07) is 25.1. The number of carbonyl (C=O) groups excluding carboxylic acids is 2. The molecule has 0 radical (unpaired) electrons. The maximum atomic E-state index is 12.9. The van der Waals surface area contributed by atoms with E-state index in [2.05, 4.69) is 0 Å². The molecule has 0 saturated carbocycles. The van der Waals surface area contributed by atoms with Gasteiger partial charge in [0.2, 0.25) is 0 Å². The van der Waals surface area contributed by atoms with Gasteiger partial charge >= 0.3 is 11.9 Å². The molecule has 0 N–H and O–H groups in total. The third-order valence-corrected chi connectivity index (χ3v) is 4.96. The monoisotopic (exact) mass is 396 g/mol. The highest BCUT2D eigenvalue weighted by Gasteiger charge is 2.19. The highest BCUT2D eigenvalue weighted by Crippen LogP contribution is 2.27. The Morgan fingerprint density at radius 2 is 0.900 bits per heavy atom. The van der Waals surface area contributed by atoms with Gasteiger partial charge in [-0.15, -0.1) is 0 Å². The molecule has 0 fully saturated rings. The third kappa shape index (κ3) is 3.80. The van der Waals surface area contributed by atoms with Crippen molar-refractivity contribution in [3.63, 3.8) is 0 Å². The van der Waals surface area contributed by atoms with E-state index in [9.17, 15) is 9.59 Å². The summed E-state index contributed by atoms with van der Waals surface area (Å²) >= 11 is 0. The Kier molecular flexibility index (Phi) is 5.31. The largest absolute Gasteiger partial charge is 0.423 e. The van der Waals surface area contributed by atoms with Gasteiger partial charge in [0.25, 0.3) is 0 Å². The second kappa shape index (κ2) is 8.21. The number of para-hydroxylation sites is 2. The van der Waals surface area contributed by atoms with Gasteiger partial charge in [0.15, 0.2) is 0 Å². The number of rotatable bonds is 4. The standard InChI is InChI=1S/C26H20O4/c1-17-9-3-7-13-23(17)29-25(27)21-15-16-22(20-12-6-5-11-19(20)21)26(28)30-24-14-8-4-10-18(24)2/h3-16H,1-2H3. The van der Waals surface area contributed by atoms with Gasteiger partial charge in [-0.3, -0.25) is 0 Å². The average molecular weight is 396 g/mol. The van der Waals surface area contributed by atoms with Crippen molar-refractivity contribution in [3.8, 4) is 11.5 Å². The first-order valence-electron chi connectivity index (χ1n) is 9.62. The molecular weight excluding hydrogens is 376 g/mol. The Morgan fingerprint density at radius 1 is 0.533 bits per heavy atom. The topological polar surface area (TPSA) is 52.6 Å². The summed E-state index contributed by atoms with van der Waals surface area (Å²) in [6.45, 7) is 3.76. The molecule has 0 bridgehead atoms. The van der Waals surface area contributed by atoms with Crippen LogP contribution in [0.15, 0.2) is 84.9 Å². The first-order chi connectivity index (χ1) is 14.5. The second-order valence-corrected chi connectivity index (χ2v) is 7.02. The molecule has 0 aromatic heterocycles. The number of esters is 2. The van der Waals surface area contributed by atoms with E-state index in [1.54, 1.807) is 36.4 Å². The van der Waals surface area contributed by atoms with E-state index < -0.39 is 11.9 Å². The number of ether oxygens (including phenoxy) is 2. The van der Waals surface area contributed by atoms with Gasteiger partial charge in [-0.25, -0.2) is 9.59 Å². The Morgan fingerprint density at radius 3 is 1.30 bits per heavy atom. The first-order valence-corrected chi connectivity index (χ1v) is 9.62. The Hall–Kier alpha value is -3.92. The zero-order valence-corrected chi connectivity index (χ0v) is 16.7. The fourth-order valence-corrected chi connectivity index (χ4v) is 3.31. The van der Waals surface area contributed by atoms with Crippen molar-refractivity contribution in [1.29, 1.82) is 0 Å². The average Bonchev–Trinajstić information content (AvgIpc) is 2.76. The summed E-state index contributed by atoms with van der Waals surface area (Å²) in [4.78, 5) is 25.7. The zero-order valence-electron chi connectivity index (χ0n) is 16.7. The SMILES string of the molecule is Cc1ccccc1OC(=O)c1ccc(C(=O)Oc2ccccc2C)c2ccccc12. The van der Waals surface area contributed by atoms with Crippen molar-refractivity contribution in [3.05, 3.63) is 107 Å². The van der Waals surface area contributed by atoms with Crippen LogP contribution >= 0.6 is 0 Å². The molecular formula is C26H20O4. The van der Waals surface area contributed by atoms with E-state index in [-0.39, 0.29) is 0 Å². The summed E-state index contributed by atoms with van der Waals surface area (Å²) in [5.41, 5.74) is 2.52. The van der Waals surface area contributed by atoms with Crippen LogP contribution in [0, 0.1) is 13.8 Å². The number of carbonyl (C=O) groups is 2. The molecule has 0 aliphatic rings. The lowest BCUT2D eigenvalue weighted by Gasteiger charge is -2.12. The maximum Gasteiger partial charge on any atom is 0.344 e. The molecule has 0 heterocycles. The fourth-order valence-electron chi connectivity index (χ4n) is 3.31. The minimum atomic E-state index is -0.473. The molecule has 0 aliphatic carbocycles. The van der Waals surface area contributed by atoms with Crippen LogP contribution in [-0.4, -0.2) is 11.9 Å². The van der Waals surface area contributed by atoms with Crippen LogP contribution in [0.4, 0.5) is 0 Å². The van der Waals surface area contributed by atoms with Crippen molar-refractivity contribution in [2.75, 3.05) is 0 Å². The van der Waals surface area contributed by atoms with Crippen molar-refractivity contribution in [1.82, 2.24) is 0 Å². The summed E-state index contributed by atoms with van der Waals surface area (Å²) in [5.74, 6) is 0.0721. The molecule has 4 aromatic rings. The van der Waals surface area contributed by atoms with Gasteiger partial charge in [0.1, 0.15) is 11.5 Å². The van der Waals surface area contributed by atoms with Crippen LogP contribution in [0.25, 0.3) is 10.8 Å². The molecule has 0 saturated heterocycles. The van der Waals surface area contributed by atoms with Crippen molar-refractivity contribution in [2.24, 2.45) is 0 Å². The lowest BCUT2D eigenvalue weighted by molar-refractivity contribution is 0.0722. The van der Waals surface area contributed by atoms with Crippen LogP contribution in [0.2, 0.25) is 0 Å². The summed E-state index contributed by atoms with van der Waals surface area (Å²) in [6.07, 6.45) is 0. The van der Waals surface area contributed by atoms with Gasteiger partial charge in [0, 0.05) is 0 Å². The van der Waals surface area contributed by atoms with E-state index in [0.29, 0.717) is 33.4 Å². The predicted molar refractivity (Wildman–Crippen MR) is 116 cm³/mol. The molecule has 4 aromatic carbocycles. The molecule has 4 heteroatoms. The van der Waals surface area contributed by atoms with Crippen molar-refractivity contribution < 1.29 is 19.1 Å². The summed E-state index contributed by atoms with van der Waals surface area (Å²) < 4.78 is 11.2. The van der Waals surface area contributed by atoms with Crippen molar-refractivity contribution >= 4 is 22.7 Å². The summed E-state index contributed by atoms with van der Waals surface area (Å²) in [5, 5.41) is 1.27. The molecule has 4 nitrogen and oxygen atoms in total. The highest BCUT2D eigenvalue weighted by atomic mass is 16.5. The molecule has 0 spiro atoms. The van der Waals surface area contributed by atoms with E-state index in [1.807, 2.05) is 62.4 Å². The van der Waals surface area contributed by atoms with Crippen LogP contribution in [0.3, 0.4) is 0 Å². The molecule has 0 aliphatic heterocycles. The Labute approximate surface area is 174 Å². The van der Waals surface area contributed by atoms with Crippen LogP contribution < -0.4 is 9.47 Å². The lowest BCUT2D eigenvalue weighted by atomic mass is 9.99. The highest BCUT2D eigenvalue weighted by molar-refractivity contribution is 6.12. The zero-order chi connectivity index (χ0) is 21.1. The number of aryl methyl sites for hydroxylation is 2.